The molecule has 152 valence electrons. The Labute approximate surface area is 169 Å². The number of hydrogen-bond acceptors (Lipinski definition) is 3. The number of aromatic amines is 1. The average Bonchev–Trinajstić information content (AvgIpc) is 2.71. The van der Waals surface area contributed by atoms with Crippen molar-refractivity contribution in [3.05, 3.63) is 84.1 Å². The second kappa shape index (κ2) is 8.57. The maximum absolute atomic E-state index is 13.4. The molecule has 0 bridgehead atoms. The van der Waals surface area contributed by atoms with E-state index in [0.717, 1.165) is 12.1 Å². The molecule has 0 aliphatic heterocycles. The smallest absolute Gasteiger partial charge is 0.268 e. The number of H-pyrrole nitrogens is 1. The molecule has 2 N–H and O–H groups in total. The number of nitrogens with one attached hydrogen (secondary N) is 2. The number of pyridine rings is 1. The quantitative estimate of drug-likeness (QED) is 0.626. The number of para-hydroxylation sites is 1. The van der Waals surface area contributed by atoms with Crippen LogP contribution >= 0.6 is 0 Å². The Hall–Kier alpha value is -3.00. The summed E-state index contributed by atoms with van der Waals surface area (Å²) in [4.78, 5) is 3.04. The largest absolute Gasteiger partial charge is 0.272 e. The molecule has 3 rings (SSSR count). The van der Waals surface area contributed by atoms with Gasteiger partial charge in [-0.15, -0.1) is 0 Å². The van der Waals surface area contributed by atoms with Crippen LogP contribution in [0.5, 0.6) is 0 Å². The Kier molecular flexibility index (Phi) is 6.12. The fourth-order valence-corrected chi connectivity index (χ4v) is 4.41. The standard InChI is InChI=1S/C21H21F2N3O2S/c1-3-26(17-7-5-4-6-8-17)29(27,28)18-10-12-21(24-14-18)25-15(2)16-9-11-19(22)20(23)13-16/h4-15H,3H2,1-2H3,(H,24,25)/p+1/t15-/m0/s1. The molecule has 2 aromatic carbocycles. The molecule has 0 fully saturated rings. The predicted octanol–water partition coefficient (Wildman–Crippen LogP) is 4.17. The van der Waals surface area contributed by atoms with Gasteiger partial charge in [0.15, 0.2) is 11.6 Å². The highest BCUT2D eigenvalue weighted by Crippen LogP contribution is 2.23. The first-order valence-corrected chi connectivity index (χ1v) is 10.6. The van der Waals surface area contributed by atoms with Crippen LogP contribution in [-0.4, -0.2) is 15.0 Å². The molecule has 8 heteroatoms. The number of rotatable bonds is 7. The SMILES string of the molecule is CCN(c1ccccc1)S(=O)(=O)c1ccc(N[C@@H](C)c2ccc(F)c(F)c2)[nH+]c1. The van der Waals surface area contributed by atoms with E-state index in [0.29, 0.717) is 23.6 Å². The Balaban J connectivity index is 1.79. The normalized spacial score (nSPS) is 12.4. The summed E-state index contributed by atoms with van der Waals surface area (Å²) in [5, 5.41) is 3.11. The summed E-state index contributed by atoms with van der Waals surface area (Å²) in [7, 11) is -3.73. The topological polar surface area (TPSA) is 63.6 Å². The van der Waals surface area contributed by atoms with Crippen molar-refractivity contribution < 1.29 is 22.2 Å². The molecule has 5 nitrogen and oxygen atoms in total. The maximum atomic E-state index is 13.4. The van der Waals surface area contributed by atoms with Crippen LogP contribution in [0.25, 0.3) is 0 Å². The molecular weight excluding hydrogens is 396 g/mol. The summed E-state index contributed by atoms with van der Waals surface area (Å²) < 4.78 is 53.8. The van der Waals surface area contributed by atoms with E-state index >= 15 is 0 Å². The van der Waals surface area contributed by atoms with E-state index in [9.17, 15) is 17.2 Å². The van der Waals surface area contributed by atoms with Crippen LogP contribution in [0.4, 0.5) is 20.3 Å². The van der Waals surface area contributed by atoms with Gasteiger partial charge in [-0.3, -0.25) is 9.62 Å². The van der Waals surface area contributed by atoms with Gasteiger partial charge in [0.25, 0.3) is 15.8 Å². The highest BCUT2D eigenvalue weighted by Gasteiger charge is 2.25. The molecule has 0 spiro atoms. The van der Waals surface area contributed by atoms with Crippen LogP contribution in [0.1, 0.15) is 25.5 Å². The van der Waals surface area contributed by atoms with Gasteiger partial charge >= 0.3 is 0 Å². The minimum absolute atomic E-state index is 0.120. The van der Waals surface area contributed by atoms with E-state index in [1.807, 2.05) is 6.07 Å². The van der Waals surface area contributed by atoms with Gasteiger partial charge in [0.2, 0.25) is 0 Å². The fraction of sp³-hybridized carbons (Fsp3) is 0.190. The lowest BCUT2D eigenvalue weighted by atomic mass is 10.1. The minimum Gasteiger partial charge on any atom is -0.268 e. The van der Waals surface area contributed by atoms with Crippen LogP contribution in [0.2, 0.25) is 0 Å². The van der Waals surface area contributed by atoms with E-state index < -0.39 is 21.7 Å². The van der Waals surface area contributed by atoms with Gasteiger partial charge in [0, 0.05) is 12.6 Å². The van der Waals surface area contributed by atoms with E-state index in [2.05, 4.69) is 10.3 Å². The summed E-state index contributed by atoms with van der Waals surface area (Å²) in [6.45, 7) is 3.85. The highest BCUT2D eigenvalue weighted by molar-refractivity contribution is 7.92. The molecule has 1 atom stereocenters. The van der Waals surface area contributed by atoms with Crippen molar-refractivity contribution in [3.8, 4) is 0 Å². The molecular formula is C21H22F2N3O2S+. The summed E-state index contributed by atoms with van der Waals surface area (Å²) in [5.41, 5.74) is 1.15. The van der Waals surface area contributed by atoms with Crippen LogP contribution < -0.4 is 14.6 Å². The van der Waals surface area contributed by atoms with E-state index in [1.165, 1.54) is 22.6 Å². The number of halogens is 2. The van der Waals surface area contributed by atoms with Crippen molar-refractivity contribution in [3.63, 3.8) is 0 Å². The lowest BCUT2D eigenvalue weighted by molar-refractivity contribution is -0.364. The number of sulfonamides is 1. The first-order chi connectivity index (χ1) is 13.8. The van der Waals surface area contributed by atoms with Gasteiger partial charge in [-0.2, -0.15) is 0 Å². The average molecular weight is 418 g/mol. The van der Waals surface area contributed by atoms with Gasteiger partial charge in [-0.05, 0) is 49.7 Å². The molecule has 0 saturated heterocycles. The zero-order valence-corrected chi connectivity index (χ0v) is 16.9. The molecule has 1 aromatic heterocycles. The molecule has 0 radical (unpaired) electrons. The number of aromatic nitrogens is 1. The fourth-order valence-electron chi connectivity index (χ4n) is 2.97. The van der Waals surface area contributed by atoms with Gasteiger partial charge in [-0.1, -0.05) is 24.3 Å². The van der Waals surface area contributed by atoms with Crippen molar-refractivity contribution >= 4 is 21.5 Å². The monoisotopic (exact) mass is 418 g/mol. The van der Waals surface area contributed by atoms with Gasteiger partial charge < -0.3 is 0 Å². The second-order valence-corrected chi connectivity index (χ2v) is 8.35. The summed E-state index contributed by atoms with van der Waals surface area (Å²) in [6, 6.07) is 15.4. The van der Waals surface area contributed by atoms with E-state index in [-0.39, 0.29) is 10.9 Å². The van der Waals surface area contributed by atoms with Crippen LogP contribution in [-0.2, 0) is 10.0 Å². The zero-order chi connectivity index (χ0) is 21.0. The Bertz CT molecular complexity index is 1070. The lowest BCUT2D eigenvalue weighted by Crippen LogP contribution is -2.31. The Morgan fingerprint density at radius 2 is 1.76 bits per heavy atom. The number of hydrogen-bond donors (Lipinski definition) is 1. The van der Waals surface area contributed by atoms with Crippen molar-refractivity contribution in [2.75, 3.05) is 16.2 Å². The van der Waals surface area contributed by atoms with Crippen LogP contribution in [0.3, 0.4) is 0 Å². The molecule has 29 heavy (non-hydrogen) atoms. The summed E-state index contributed by atoms with van der Waals surface area (Å²) in [5.74, 6) is -1.27. The maximum Gasteiger partial charge on any atom is 0.272 e. The van der Waals surface area contributed by atoms with Crippen molar-refractivity contribution in [2.45, 2.75) is 24.8 Å². The van der Waals surface area contributed by atoms with Gasteiger partial charge in [-0.25, -0.2) is 22.2 Å². The first-order valence-electron chi connectivity index (χ1n) is 9.14. The van der Waals surface area contributed by atoms with E-state index in [1.54, 1.807) is 44.2 Å². The molecule has 0 aliphatic carbocycles. The number of anilines is 2. The second-order valence-electron chi connectivity index (χ2n) is 6.48. The zero-order valence-electron chi connectivity index (χ0n) is 16.1. The molecule has 0 amide bonds. The van der Waals surface area contributed by atoms with Crippen molar-refractivity contribution in [1.29, 1.82) is 0 Å². The molecule has 0 saturated carbocycles. The number of benzene rings is 2. The molecule has 0 unspecified atom stereocenters. The Morgan fingerprint density at radius 1 is 1.03 bits per heavy atom. The molecule has 1 heterocycles. The summed E-state index contributed by atoms with van der Waals surface area (Å²) in [6.07, 6.45) is 1.40. The van der Waals surface area contributed by atoms with Crippen molar-refractivity contribution in [1.82, 2.24) is 0 Å². The predicted molar refractivity (Wildman–Crippen MR) is 108 cm³/mol. The van der Waals surface area contributed by atoms with Crippen molar-refractivity contribution in [2.24, 2.45) is 0 Å². The van der Waals surface area contributed by atoms with Crippen LogP contribution in [0.15, 0.2) is 71.8 Å². The molecule has 3 aromatic rings. The Morgan fingerprint density at radius 3 is 2.34 bits per heavy atom. The third kappa shape index (κ3) is 4.54. The third-order valence-electron chi connectivity index (χ3n) is 4.52. The minimum atomic E-state index is -3.73. The van der Waals surface area contributed by atoms with Gasteiger partial charge in [0.1, 0.15) is 17.1 Å². The summed E-state index contributed by atoms with van der Waals surface area (Å²) >= 11 is 0. The highest BCUT2D eigenvalue weighted by atomic mass is 32.2. The van der Waals surface area contributed by atoms with Gasteiger partial charge in [0.05, 0.1) is 5.69 Å². The number of nitrogens with zero attached hydrogens (tertiary/aromatic N) is 1. The lowest BCUT2D eigenvalue weighted by Gasteiger charge is -2.22. The molecule has 0 aliphatic rings. The van der Waals surface area contributed by atoms with E-state index in [4.69, 9.17) is 0 Å². The van der Waals surface area contributed by atoms with Crippen LogP contribution in [0, 0.1) is 11.6 Å². The third-order valence-corrected chi connectivity index (χ3v) is 6.42. The first kappa shape index (κ1) is 20.7.